The predicted octanol–water partition coefficient (Wildman–Crippen LogP) is 4.56. The SMILES string of the molecule is CC(C)(C)OC(=O)NCC#Cc1cc(F)ccc1Nc1ncc(C(F)(F)F)cc1C(=O)O. The summed E-state index contributed by atoms with van der Waals surface area (Å²) in [5.74, 6) is 2.51. The fourth-order valence-electron chi connectivity index (χ4n) is 2.31. The van der Waals surface area contributed by atoms with E-state index in [-0.39, 0.29) is 23.6 Å². The van der Waals surface area contributed by atoms with E-state index in [0.29, 0.717) is 12.3 Å². The summed E-state index contributed by atoms with van der Waals surface area (Å²) >= 11 is 0. The van der Waals surface area contributed by atoms with Gasteiger partial charge in [-0.25, -0.2) is 19.0 Å². The highest BCUT2D eigenvalue weighted by atomic mass is 19.4. The van der Waals surface area contributed by atoms with Crippen molar-refractivity contribution in [1.82, 2.24) is 10.3 Å². The number of amides is 1. The van der Waals surface area contributed by atoms with Gasteiger partial charge in [-0.15, -0.1) is 0 Å². The second-order valence-electron chi connectivity index (χ2n) is 7.40. The second kappa shape index (κ2) is 9.55. The number of ether oxygens (including phenoxy) is 1. The first kappa shape index (κ1) is 24.5. The Kier molecular flexibility index (Phi) is 7.30. The number of carbonyl (C=O) groups excluding carboxylic acids is 1. The maximum atomic E-state index is 13.7. The zero-order chi connectivity index (χ0) is 24.1. The Morgan fingerprint density at radius 2 is 1.88 bits per heavy atom. The number of hydrogen-bond acceptors (Lipinski definition) is 5. The largest absolute Gasteiger partial charge is 0.478 e. The van der Waals surface area contributed by atoms with Crippen LogP contribution in [0.3, 0.4) is 0 Å². The third-order valence-electron chi connectivity index (χ3n) is 3.62. The molecule has 1 aromatic heterocycles. The highest BCUT2D eigenvalue weighted by Crippen LogP contribution is 2.31. The Morgan fingerprint density at radius 1 is 1.19 bits per heavy atom. The van der Waals surface area contributed by atoms with Gasteiger partial charge in [0.25, 0.3) is 0 Å². The van der Waals surface area contributed by atoms with Gasteiger partial charge in [0.15, 0.2) is 0 Å². The number of aromatic nitrogens is 1. The molecule has 0 aliphatic heterocycles. The molecule has 1 aromatic carbocycles. The minimum Gasteiger partial charge on any atom is -0.478 e. The number of alkyl halides is 3. The normalized spacial score (nSPS) is 11.2. The van der Waals surface area contributed by atoms with E-state index in [1.54, 1.807) is 20.8 Å². The fraction of sp³-hybridized carbons (Fsp3) is 0.286. The van der Waals surface area contributed by atoms with Gasteiger partial charge in [0.2, 0.25) is 0 Å². The van der Waals surface area contributed by atoms with Gasteiger partial charge < -0.3 is 20.5 Å². The summed E-state index contributed by atoms with van der Waals surface area (Å²) < 4.78 is 57.3. The average molecular weight is 453 g/mol. The maximum Gasteiger partial charge on any atom is 0.417 e. The number of alkyl carbamates (subject to hydrolysis) is 1. The Labute approximate surface area is 180 Å². The topological polar surface area (TPSA) is 101 Å². The predicted molar refractivity (Wildman–Crippen MR) is 107 cm³/mol. The number of carbonyl (C=O) groups is 2. The molecule has 1 heterocycles. The van der Waals surface area contributed by atoms with Crippen molar-refractivity contribution in [2.45, 2.75) is 32.5 Å². The van der Waals surface area contributed by atoms with E-state index in [1.807, 2.05) is 0 Å². The Hall–Kier alpha value is -3.81. The molecule has 0 saturated heterocycles. The zero-order valence-corrected chi connectivity index (χ0v) is 17.2. The number of carboxylic acids is 1. The molecule has 0 unspecified atom stereocenters. The zero-order valence-electron chi connectivity index (χ0n) is 17.2. The number of rotatable bonds is 4. The number of carboxylic acid groups (broad SMARTS) is 1. The van der Waals surface area contributed by atoms with Crippen molar-refractivity contribution < 1.29 is 37.0 Å². The molecule has 32 heavy (non-hydrogen) atoms. The highest BCUT2D eigenvalue weighted by molar-refractivity contribution is 5.94. The molecule has 11 heteroatoms. The molecule has 0 bridgehead atoms. The van der Waals surface area contributed by atoms with Gasteiger partial charge in [-0.2, -0.15) is 13.2 Å². The van der Waals surface area contributed by atoms with E-state index in [4.69, 9.17) is 4.74 Å². The molecule has 2 aromatic rings. The van der Waals surface area contributed by atoms with Crippen molar-refractivity contribution in [2.75, 3.05) is 11.9 Å². The second-order valence-corrected chi connectivity index (χ2v) is 7.40. The Balaban J connectivity index is 2.27. The number of nitrogens with zero attached hydrogens (tertiary/aromatic N) is 1. The van der Waals surface area contributed by atoms with Gasteiger partial charge in [-0.1, -0.05) is 11.8 Å². The van der Waals surface area contributed by atoms with Crippen molar-refractivity contribution in [3.05, 3.63) is 53.0 Å². The maximum absolute atomic E-state index is 13.7. The van der Waals surface area contributed by atoms with E-state index in [0.717, 1.165) is 12.1 Å². The minimum atomic E-state index is -4.77. The molecule has 7 nitrogen and oxygen atoms in total. The number of nitrogens with one attached hydrogen (secondary N) is 2. The van der Waals surface area contributed by atoms with Gasteiger partial charge in [-0.3, -0.25) is 0 Å². The molecular formula is C21H19F4N3O4. The summed E-state index contributed by atoms with van der Waals surface area (Å²) in [6.45, 7) is 4.92. The number of hydrogen-bond donors (Lipinski definition) is 3. The van der Waals surface area contributed by atoms with E-state index >= 15 is 0 Å². The molecule has 1 amide bonds. The van der Waals surface area contributed by atoms with Crippen LogP contribution in [0, 0.1) is 17.7 Å². The van der Waals surface area contributed by atoms with E-state index in [2.05, 4.69) is 27.5 Å². The molecule has 0 saturated carbocycles. The van der Waals surface area contributed by atoms with Crippen LogP contribution in [-0.2, 0) is 10.9 Å². The van der Waals surface area contributed by atoms with Gasteiger partial charge in [0, 0.05) is 6.20 Å². The van der Waals surface area contributed by atoms with Crippen LogP contribution >= 0.6 is 0 Å². The van der Waals surface area contributed by atoms with Gasteiger partial charge >= 0.3 is 18.2 Å². The van der Waals surface area contributed by atoms with Crippen LogP contribution < -0.4 is 10.6 Å². The number of aromatic carboxylic acids is 1. The summed E-state index contributed by atoms with van der Waals surface area (Å²) in [6.07, 6.45) is -5.00. The van der Waals surface area contributed by atoms with Gasteiger partial charge in [0.1, 0.15) is 22.8 Å². The Morgan fingerprint density at radius 3 is 2.47 bits per heavy atom. The molecule has 170 valence electrons. The van der Waals surface area contributed by atoms with E-state index in [9.17, 15) is 32.3 Å². The molecule has 0 aliphatic carbocycles. The van der Waals surface area contributed by atoms with Crippen molar-refractivity contribution in [2.24, 2.45) is 0 Å². The van der Waals surface area contributed by atoms with Crippen LogP contribution in [0.1, 0.15) is 42.3 Å². The molecule has 2 rings (SSSR count). The standard InChI is InChI=1S/C21H19F4N3O4/c1-20(2,3)32-19(31)26-8-4-5-12-9-14(22)6-7-16(12)28-17-15(18(29)30)10-13(11-27-17)21(23,24)25/h6-7,9-11H,8H2,1-3H3,(H,26,31)(H,27,28)(H,29,30). The average Bonchev–Trinajstić information content (AvgIpc) is 2.65. The number of pyridine rings is 1. The smallest absolute Gasteiger partial charge is 0.417 e. The molecule has 0 radical (unpaired) electrons. The molecule has 0 spiro atoms. The van der Waals surface area contributed by atoms with Crippen molar-refractivity contribution in [3.63, 3.8) is 0 Å². The third kappa shape index (κ3) is 7.16. The number of benzene rings is 1. The first-order chi connectivity index (χ1) is 14.8. The van der Waals surface area contributed by atoms with Gasteiger partial charge in [0.05, 0.1) is 23.4 Å². The van der Waals surface area contributed by atoms with Crippen LogP contribution in [0.25, 0.3) is 0 Å². The van der Waals surface area contributed by atoms with Crippen LogP contribution in [0.4, 0.5) is 33.9 Å². The van der Waals surface area contributed by atoms with Crippen molar-refractivity contribution in [1.29, 1.82) is 0 Å². The lowest BCUT2D eigenvalue weighted by atomic mass is 10.1. The third-order valence-corrected chi connectivity index (χ3v) is 3.62. The fourth-order valence-corrected chi connectivity index (χ4v) is 2.31. The lowest BCUT2D eigenvalue weighted by Gasteiger charge is -2.19. The van der Waals surface area contributed by atoms with Crippen LogP contribution in [0.5, 0.6) is 0 Å². The summed E-state index contributed by atoms with van der Waals surface area (Å²) in [5.41, 5.74) is -2.49. The molecule has 0 atom stereocenters. The molecule has 3 N–H and O–H groups in total. The summed E-state index contributed by atoms with van der Waals surface area (Å²) in [7, 11) is 0. The molecule has 0 fully saturated rings. The van der Waals surface area contributed by atoms with E-state index < -0.39 is 40.8 Å². The van der Waals surface area contributed by atoms with Crippen LogP contribution in [0.2, 0.25) is 0 Å². The first-order valence-electron chi connectivity index (χ1n) is 9.09. The summed E-state index contributed by atoms with van der Waals surface area (Å²) in [6, 6.07) is 3.76. The van der Waals surface area contributed by atoms with Crippen molar-refractivity contribution >= 4 is 23.6 Å². The lowest BCUT2D eigenvalue weighted by Crippen LogP contribution is -2.32. The van der Waals surface area contributed by atoms with Gasteiger partial charge in [-0.05, 0) is 45.0 Å². The lowest BCUT2D eigenvalue weighted by molar-refractivity contribution is -0.137. The van der Waals surface area contributed by atoms with Crippen molar-refractivity contribution in [3.8, 4) is 11.8 Å². The summed E-state index contributed by atoms with van der Waals surface area (Å²) in [5, 5.41) is 14.2. The highest BCUT2D eigenvalue weighted by Gasteiger charge is 2.32. The minimum absolute atomic E-state index is 0.0639. The van der Waals surface area contributed by atoms with E-state index in [1.165, 1.54) is 6.07 Å². The quantitative estimate of drug-likeness (QED) is 0.464. The number of anilines is 2. The Bertz CT molecular complexity index is 1080. The molecule has 0 aliphatic rings. The monoisotopic (exact) mass is 453 g/mol. The number of halogens is 4. The van der Waals surface area contributed by atoms with Crippen LogP contribution in [-0.4, -0.2) is 34.3 Å². The first-order valence-corrected chi connectivity index (χ1v) is 9.09. The molecular weight excluding hydrogens is 434 g/mol. The summed E-state index contributed by atoms with van der Waals surface area (Å²) in [4.78, 5) is 26.6. The van der Waals surface area contributed by atoms with Crippen LogP contribution in [0.15, 0.2) is 30.5 Å².